The number of nitrogens with zero attached hydrogens (tertiary/aromatic N) is 1. The highest BCUT2D eigenvalue weighted by molar-refractivity contribution is 6.34. The van der Waals surface area contributed by atoms with Crippen LogP contribution in [0.5, 0.6) is 0 Å². The second-order valence-electron chi connectivity index (χ2n) is 3.40. The van der Waals surface area contributed by atoms with Crippen molar-refractivity contribution < 1.29 is 9.18 Å². The van der Waals surface area contributed by atoms with Crippen LogP contribution in [0.25, 0.3) is 0 Å². The number of benzene rings is 1. The normalized spacial score (nSPS) is 21.1. The molecule has 1 fully saturated rings. The first kappa shape index (κ1) is 10.7. The summed E-state index contributed by atoms with van der Waals surface area (Å²) in [6.07, 6.45) is 0.301. The number of carbonyl (C=O) groups excluding carboxylic acids is 1. The number of amides is 1. The lowest BCUT2D eigenvalue weighted by Crippen LogP contribution is -2.24. The van der Waals surface area contributed by atoms with Crippen LogP contribution in [0.2, 0.25) is 5.02 Å². The summed E-state index contributed by atoms with van der Waals surface area (Å²) in [7, 11) is 0. The Kier molecular flexibility index (Phi) is 2.85. The van der Waals surface area contributed by atoms with Gasteiger partial charge in [-0.3, -0.25) is 4.79 Å². The zero-order valence-electron chi connectivity index (χ0n) is 7.71. The second-order valence-corrected chi connectivity index (χ2v) is 4.43. The maximum absolute atomic E-state index is 12.8. The molecule has 1 aliphatic heterocycles. The van der Waals surface area contributed by atoms with Crippen LogP contribution in [-0.2, 0) is 4.79 Å². The van der Waals surface area contributed by atoms with Crippen molar-refractivity contribution in [1.82, 2.24) is 0 Å². The average molecular weight is 248 g/mol. The number of rotatable bonds is 1. The third-order valence-electron chi connectivity index (χ3n) is 2.28. The molecule has 15 heavy (non-hydrogen) atoms. The van der Waals surface area contributed by atoms with Crippen LogP contribution in [0.1, 0.15) is 6.42 Å². The van der Waals surface area contributed by atoms with Crippen molar-refractivity contribution >= 4 is 34.8 Å². The van der Waals surface area contributed by atoms with Crippen LogP contribution in [0.3, 0.4) is 0 Å². The van der Waals surface area contributed by atoms with E-state index in [2.05, 4.69) is 0 Å². The van der Waals surface area contributed by atoms with E-state index < -0.39 is 5.82 Å². The fourth-order valence-corrected chi connectivity index (χ4v) is 2.14. The SMILES string of the molecule is O=C1CC(Cl)CN1c1ccc(F)cc1Cl. The van der Waals surface area contributed by atoms with Gasteiger partial charge in [0.1, 0.15) is 5.82 Å². The Morgan fingerprint density at radius 3 is 2.73 bits per heavy atom. The minimum Gasteiger partial charge on any atom is -0.309 e. The molecule has 1 aromatic carbocycles. The van der Waals surface area contributed by atoms with E-state index in [1.807, 2.05) is 0 Å². The van der Waals surface area contributed by atoms with Crippen molar-refractivity contribution in [2.75, 3.05) is 11.4 Å². The average Bonchev–Trinajstić information content (AvgIpc) is 2.45. The van der Waals surface area contributed by atoms with Crippen LogP contribution < -0.4 is 4.90 Å². The topological polar surface area (TPSA) is 20.3 Å². The van der Waals surface area contributed by atoms with Crippen LogP contribution in [0, 0.1) is 5.82 Å². The van der Waals surface area contributed by atoms with E-state index in [1.54, 1.807) is 0 Å². The lowest BCUT2D eigenvalue weighted by molar-refractivity contribution is -0.117. The Balaban J connectivity index is 2.34. The molecule has 1 amide bonds. The van der Waals surface area contributed by atoms with Crippen molar-refractivity contribution in [3.05, 3.63) is 29.0 Å². The number of alkyl halides is 1. The summed E-state index contributed by atoms with van der Waals surface area (Å²) in [6.45, 7) is 0.422. The van der Waals surface area contributed by atoms with Gasteiger partial charge in [-0.25, -0.2) is 4.39 Å². The quantitative estimate of drug-likeness (QED) is 0.700. The van der Waals surface area contributed by atoms with Gasteiger partial charge in [0.05, 0.1) is 16.1 Å². The van der Waals surface area contributed by atoms with Gasteiger partial charge < -0.3 is 4.90 Å². The summed E-state index contributed by atoms with van der Waals surface area (Å²) in [5.41, 5.74) is 0.520. The lowest BCUT2D eigenvalue weighted by atomic mass is 10.3. The summed E-state index contributed by atoms with van der Waals surface area (Å²) in [5.74, 6) is -0.499. The Hall–Kier alpha value is -0.800. The van der Waals surface area contributed by atoms with E-state index >= 15 is 0 Å². The lowest BCUT2D eigenvalue weighted by Gasteiger charge is -2.17. The highest BCUT2D eigenvalue weighted by atomic mass is 35.5. The minimum atomic E-state index is -0.419. The molecule has 1 aromatic rings. The second kappa shape index (κ2) is 3.99. The molecule has 80 valence electrons. The van der Waals surface area contributed by atoms with Gasteiger partial charge in [-0.1, -0.05) is 11.6 Å². The molecule has 0 aromatic heterocycles. The van der Waals surface area contributed by atoms with E-state index in [-0.39, 0.29) is 16.3 Å². The van der Waals surface area contributed by atoms with Gasteiger partial charge in [-0.15, -0.1) is 11.6 Å². The smallest absolute Gasteiger partial charge is 0.228 e. The van der Waals surface area contributed by atoms with E-state index in [9.17, 15) is 9.18 Å². The molecule has 0 bridgehead atoms. The van der Waals surface area contributed by atoms with Gasteiger partial charge in [0, 0.05) is 13.0 Å². The van der Waals surface area contributed by atoms with Crippen molar-refractivity contribution in [2.24, 2.45) is 0 Å². The minimum absolute atomic E-state index is 0.0801. The standard InChI is InChI=1S/C10H8Cl2FNO/c11-6-3-10(15)14(5-6)9-2-1-7(13)4-8(9)12/h1-2,4,6H,3,5H2. The number of carbonyl (C=O) groups is 1. The molecule has 2 rings (SSSR count). The van der Waals surface area contributed by atoms with Crippen LogP contribution in [0.4, 0.5) is 10.1 Å². The molecule has 0 N–H and O–H groups in total. The monoisotopic (exact) mass is 247 g/mol. The van der Waals surface area contributed by atoms with Gasteiger partial charge in [0.2, 0.25) is 5.91 Å². The molecule has 2 nitrogen and oxygen atoms in total. The zero-order chi connectivity index (χ0) is 11.0. The third kappa shape index (κ3) is 2.08. The van der Waals surface area contributed by atoms with E-state index in [0.29, 0.717) is 18.7 Å². The predicted molar refractivity (Wildman–Crippen MR) is 58.0 cm³/mol. The van der Waals surface area contributed by atoms with Crippen molar-refractivity contribution in [3.8, 4) is 0 Å². The molecule has 1 aliphatic rings. The highest BCUT2D eigenvalue weighted by Gasteiger charge is 2.30. The van der Waals surface area contributed by atoms with Gasteiger partial charge in [-0.05, 0) is 18.2 Å². The van der Waals surface area contributed by atoms with E-state index in [1.165, 1.54) is 23.1 Å². The number of anilines is 1. The Morgan fingerprint density at radius 1 is 1.47 bits per heavy atom. The molecule has 1 heterocycles. The third-order valence-corrected chi connectivity index (χ3v) is 2.87. The summed E-state index contributed by atoms with van der Waals surface area (Å²) < 4.78 is 12.8. The maximum Gasteiger partial charge on any atom is 0.228 e. The molecule has 0 aliphatic carbocycles. The van der Waals surface area contributed by atoms with Crippen molar-refractivity contribution in [1.29, 1.82) is 0 Å². The molecule has 0 saturated carbocycles. The zero-order valence-corrected chi connectivity index (χ0v) is 9.22. The summed E-state index contributed by atoms with van der Waals surface area (Å²) >= 11 is 11.7. The van der Waals surface area contributed by atoms with Gasteiger partial charge in [0.15, 0.2) is 0 Å². The molecule has 1 saturated heterocycles. The molecule has 1 atom stereocenters. The first-order valence-electron chi connectivity index (χ1n) is 4.47. The van der Waals surface area contributed by atoms with Crippen LogP contribution >= 0.6 is 23.2 Å². The molecule has 1 unspecified atom stereocenters. The van der Waals surface area contributed by atoms with Crippen molar-refractivity contribution in [3.63, 3.8) is 0 Å². The Bertz CT molecular complexity index is 410. The summed E-state index contributed by atoms with van der Waals surface area (Å²) in [6, 6.07) is 3.95. The van der Waals surface area contributed by atoms with Crippen LogP contribution in [-0.4, -0.2) is 17.8 Å². The molecule has 5 heteroatoms. The van der Waals surface area contributed by atoms with Gasteiger partial charge in [-0.2, -0.15) is 0 Å². The number of halogens is 3. The van der Waals surface area contributed by atoms with Gasteiger partial charge >= 0.3 is 0 Å². The van der Waals surface area contributed by atoms with E-state index in [4.69, 9.17) is 23.2 Å². The first-order chi connectivity index (χ1) is 7.08. The number of hydrogen-bond donors (Lipinski definition) is 0. The molecule has 0 spiro atoms. The van der Waals surface area contributed by atoms with Crippen molar-refractivity contribution in [2.45, 2.75) is 11.8 Å². The maximum atomic E-state index is 12.8. The summed E-state index contributed by atoms with van der Waals surface area (Å²) in [5, 5.41) is 0.0349. The molecule has 0 radical (unpaired) electrons. The number of hydrogen-bond acceptors (Lipinski definition) is 1. The fourth-order valence-electron chi connectivity index (χ4n) is 1.60. The van der Waals surface area contributed by atoms with Gasteiger partial charge in [0.25, 0.3) is 0 Å². The largest absolute Gasteiger partial charge is 0.309 e. The first-order valence-corrected chi connectivity index (χ1v) is 5.29. The van der Waals surface area contributed by atoms with Crippen LogP contribution in [0.15, 0.2) is 18.2 Å². The Labute approximate surface area is 96.6 Å². The van der Waals surface area contributed by atoms with E-state index in [0.717, 1.165) is 0 Å². The molecular weight excluding hydrogens is 240 g/mol. The summed E-state index contributed by atoms with van der Waals surface area (Å²) in [4.78, 5) is 13.0. The predicted octanol–water partition coefficient (Wildman–Crippen LogP) is 2.82. The molecular formula is C10H8Cl2FNO. The fraction of sp³-hybridized carbons (Fsp3) is 0.300. The highest BCUT2D eigenvalue weighted by Crippen LogP contribution is 2.31. The Morgan fingerprint density at radius 2 is 2.20 bits per heavy atom.